The second-order valence-electron chi connectivity index (χ2n) is 7.41. The van der Waals surface area contributed by atoms with E-state index in [9.17, 15) is 4.79 Å². The van der Waals surface area contributed by atoms with Gasteiger partial charge in [-0.1, -0.05) is 36.8 Å². The number of piperazine rings is 1. The fourth-order valence-electron chi connectivity index (χ4n) is 3.84. The number of amides is 1. The zero-order chi connectivity index (χ0) is 16.8. The first-order chi connectivity index (χ1) is 11.7. The summed E-state index contributed by atoms with van der Waals surface area (Å²) in [6.07, 6.45) is 5.38. The van der Waals surface area contributed by atoms with Crippen LogP contribution in [0.15, 0.2) is 30.3 Å². The Morgan fingerprint density at radius 2 is 1.79 bits per heavy atom. The molecule has 0 spiro atoms. The lowest BCUT2D eigenvalue weighted by molar-refractivity contribution is -0.129. The summed E-state index contributed by atoms with van der Waals surface area (Å²) in [5, 5.41) is 3.20. The molecule has 132 valence electrons. The van der Waals surface area contributed by atoms with E-state index >= 15 is 0 Å². The van der Waals surface area contributed by atoms with Crippen molar-refractivity contribution in [3.63, 3.8) is 0 Å². The molecule has 0 bridgehead atoms. The Balaban J connectivity index is 1.38. The van der Waals surface area contributed by atoms with Crippen molar-refractivity contribution < 1.29 is 4.79 Å². The molecule has 1 heterocycles. The third-order valence-electron chi connectivity index (χ3n) is 5.75. The van der Waals surface area contributed by atoms with E-state index in [1.807, 2.05) is 18.2 Å². The molecule has 2 aliphatic rings. The van der Waals surface area contributed by atoms with Crippen molar-refractivity contribution in [2.45, 2.75) is 37.5 Å². The van der Waals surface area contributed by atoms with E-state index in [0.717, 1.165) is 38.8 Å². The minimum atomic E-state index is -0.251. The average Bonchev–Trinajstić information content (AvgIpc) is 2.56. The highest BCUT2D eigenvalue weighted by Gasteiger charge is 2.45. The highest BCUT2D eigenvalue weighted by atomic mass is 16.2. The molecule has 0 aromatic heterocycles. The zero-order valence-corrected chi connectivity index (χ0v) is 15.0. The van der Waals surface area contributed by atoms with Crippen LogP contribution in [0.5, 0.6) is 0 Å². The van der Waals surface area contributed by atoms with Gasteiger partial charge in [0, 0.05) is 32.7 Å². The second kappa shape index (κ2) is 8.13. The minimum absolute atomic E-state index is 0.236. The van der Waals surface area contributed by atoms with Crippen LogP contribution < -0.4 is 5.32 Å². The zero-order valence-electron chi connectivity index (χ0n) is 15.0. The van der Waals surface area contributed by atoms with Crippen molar-refractivity contribution in [3.05, 3.63) is 35.9 Å². The van der Waals surface area contributed by atoms with Crippen LogP contribution in [0.1, 0.15) is 37.7 Å². The molecule has 24 heavy (non-hydrogen) atoms. The first-order valence-corrected chi connectivity index (χ1v) is 9.45. The maximum Gasteiger partial charge on any atom is 0.230 e. The normalized spacial score (nSPS) is 21.2. The van der Waals surface area contributed by atoms with Gasteiger partial charge in [-0.2, -0.15) is 0 Å². The van der Waals surface area contributed by atoms with Gasteiger partial charge in [0.1, 0.15) is 0 Å². The number of rotatable bonds is 7. The summed E-state index contributed by atoms with van der Waals surface area (Å²) in [4.78, 5) is 17.6. The molecule has 0 atom stereocenters. The minimum Gasteiger partial charge on any atom is -0.355 e. The molecule has 1 aromatic carbocycles. The van der Waals surface area contributed by atoms with Gasteiger partial charge < -0.3 is 15.1 Å². The SMILES string of the molecule is CN1CCN(CCCCNC(=O)C2(c3ccccc3)CCC2)CC1. The monoisotopic (exact) mass is 329 g/mol. The molecule has 1 aromatic rings. The van der Waals surface area contributed by atoms with E-state index in [0.29, 0.717) is 0 Å². The Bertz CT molecular complexity index is 519. The topological polar surface area (TPSA) is 35.6 Å². The van der Waals surface area contributed by atoms with Gasteiger partial charge in [-0.15, -0.1) is 0 Å². The Kier molecular flexibility index (Phi) is 5.90. The maximum atomic E-state index is 12.7. The van der Waals surface area contributed by atoms with Crippen LogP contribution >= 0.6 is 0 Å². The van der Waals surface area contributed by atoms with E-state index < -0.39 is 0 Å². The molecule has 1 amide bonds. The van der Waals surface area contributed by atoms with Gasteiger partial charge in [-0.3, -0.25) is 4.79 Å². The number of unbranched alkanes of at least 4 members (excludes halogenated alkanes) is 1. The maximum absolute atomic E-state index is 12.7. The average molecular weight is 329 g/mol. The molecule has 2 fully saturated rings. The highest BCUT2D eigenvalue weighted by Crippen LogP contribution is 2.43. The highest BCUT2D eigenvalue weighted by molar-refractivity contribution is 5.89. The number of likely N-dealkylation sites (N-methyl/N-ethyl adjacent to an activating group) is 1. The fraction of sp³-hybridized carbons (Fsp3) is 0.650. The predicted molar refractivity (Wildman–Crippen MR) is 98.2 cm³/mol. The predicted octanol–water partition coefficient (Wildman–Crippen LogP) is 2.25. The van der Waals surface area contributed by atoms with E-state index in [2.05, 4.69) is 34.3 Å². The number of hydrogen-bond donors (Lipinski definition) is 1. The molecule has 0 unspecified atom stereocenters. The molecule has 0 radical (unpaired) electrons. The molecule has 1 saturated carbocycles. The van der Waals surface area contributed by atoms with Crippen LogP contribution in [0.3, 0.4) is 0 Å². The van der Waals surface area contributed by atoms with Crippen molar-refractivity contribution in [2.75, 3.05) is 46.3 Å². The third kappa shape index (κ3) is 3.98. The Labute approximate surface area is 146 Å². The van der Waals surface area contributed by atoms with Crippen LogP contribution in [0.4, 0.5) is 0 Å². The van der Waals surface area contributed by atoms with Gasteiger partial charge in [-0.25, -0.2) is 0 Å². The van der Waals surface area contributed by atoms with Gasteiger partial charge in [0.2, 0.25) is 5.91 Å². The number of hydrogen-bond acceptors (Lipinski definition) is 3. The van der Waals surface area contributed by atoms with Gasteiger partial charge in [0.25, 0.3) is 0 Å². The van der Waals surface area contributed by atoms with E-state index in [1.165, 1.54) is 38.2 Å². The smallest absolute Gasteiger partial charge is 0.230 e. The van der Waals surface area contributed by atoms with Crippen LogP contribution in [0.25, 0.3) is 0 Å². The van der Waals surface area contributed by atoms with Crippen LogP contribution in [-0.2, 0) is 10.2 Å². The Hall–Kier alpha value is -1.39. The van der Waals surface area contributed by atoms with Gasteiger partial charge >= 0.3 is 0 Å². The van der Waals surface area contributed by atoms with E-state index in [1.54, 1.807) is 0 Å². The number of nitrogens with one attached hydrogen (secondary N) is 1. The van der Waals surface area contributed by atoms with Crippen molar-refractivity contribution in [1.29, 1.82) is 0 Å². The van der Waals surface area contributed by atoms with Crippen molar-refractivity contribution in [2.24, 2.45) is 0 Å². The largest absolute Gasteiger partial charge is 0.355 e. The Morgan fingerprint density at radius 3 is 2.42 bits per heavy atom. The summed E-state index contributed by atoms with van der Waals surface area (Å²) >= 11 is 0. The second-order valence-corrected chi connectivity index (χ2v) is 7.41. The summed E-state index contributed by atoms with van der Waals surface area (Å²) in [6, 6.07) is 10.3. The lowest BCUT2D eigenvalue weighted by atomic mass is 9.64. The van der Waals surface area contributed by atoms with E-state index in [-0.39, 0.29) is 11.3 Å². The number of benzene rings is 1. The molecular weight excluding hydrogens is 298 g/mol. The van der Waals surface area contributed by atoms with Crippen LogP contribution in [-0.4, -0.2) is 62.0 Å². The van der Waals surface area contributed by atoms with Crippen LogP contribution in [0, 0.1) is 0 Å². The summed E-state index contributed by atoms with van der Waals surface area (Å²) in [5.74, 6) is 0.236. The summed E-state index contributed by atoms with van der Waals surface area (Å²) < 4.78 is 0. The van der Waals surface area contributed by atoms with Crippen LogP contribution in [0.2, 0.25) is 0 Å². The molecule has 4 nitrogen and oxygen atoms in total. The first kappa shape index (κ1) is 17.4. The van der Waals surface area contributed by atoms with E-state index in [4.69, 9.17) is 0 Å². The van der Waals surface area contributed by atoms with Crippen molar-refractivity contribution in [1.82, 2.24) is 15.1 Å². The van der Waals surface area contributed by atoms with Gasteiger partial charge in [0.05, 0.1) is 5.41 Å². The quantitative estimate of drug-likeness (QED) is 0.780. The molecule has 1 aliphatic carbocycles. The number of nitrogens with zero attached hydrogens (tertiary/aromatic N) is 2. The molecule has 1 N–H and O–H groups in total. The first-order valence-electron chi connectivity index (χ1n) is 9.45. The van der Waals surface area contributed by atoms with Gasteiger partial charge in [-0.05, 0) is 44.8 Å². The summed E-state index contributed by atoms with van der Waals surface area (Å²) in [5.41, 5.74) is 0.935. The number of carbonyl (C=O) groups excluding carboxylic acids is 1. The lowest BCUT2D eigenvalue weighted by Gasteiger charge is -2.40. The summed E-state index contributed by atoms with van der Waals surface area (Å²) in [7, 11) is 2.19. The molecule has 3 rings (SSSR count). The third-order valence-corrected chi connectivity index (χ3v) is 5.75. The molecular formula is C20H31N3O. The van der Waals surface area contributed by atoms with Gasteiger partial charge in [0.15, 0.2) is 0 Å². The number of carbonyl (C=O) groups is 1. The Morgan fingerprint density at radius 1 is 1.08 bits per heavy atom. The molecule has 1 aliphatic heterocycles. The standard InChI is InChI=1S/C20H31N3O/c1-22-14-16-23(17-15-22)13-6-5-12-21-19(24)20(10-7-11-20)18-8-3-2-4-9-18/h2-4,8-9H,5-7,10-17H2,1H3,(H,21,24). The summed E-state index contributed by atoms with van der Waals surface area (Å²) in [6.45, 7) is 6.68. The van der Waals surface area contributed by atoms with Crippen molar-refractivity contribution in [3.8, 4) is 0 Å². The fourth-order valence-corrected chi connectivity index (χ4v) is 3.84. The lowest BCUT2D eigenvalue weighted by Crippen LogP contribution is -2.49. The van der Waals surface area contributed by atoms with Crippen molar-refractivity contribution >= 4 is 5.91 Å². The molecule has 1 saturated heterocycles. The molecule has 4 heteroatoms.